The molecule has 1 aromatic heterocycles. The largest absolute Gasteiger partial charge is 0.337 e. The summed E-state index contributed by atoms with van der Waals surface area (Å²) < 4.78 is 0. The third-order valence-electron chi connectivity index (χ3n) is 3.07. The van der Waals surface area contributed by atoms with Gasteiger partial charge in [0, 0.05) is 38.9 Å². The van der Waals surface area contributed by atoms with Crippen molar-refractivity contribution in [1.29, 1.82) is 0 Å². The van der Waals surface area contributed by atoms with Crippen LogP contribution in [-0.4, -0.2) is 65.2 Å². The predicted molar refractivity (Wildman–Crippen MR) is 64.6 cm³/mol. The molecule has 17 heavy (non-hydrogen) atoms. The third kappa shape index (κ3) is 3.04. The van der Waals surface area contributed by atoms with Crippen molar-refractivity contribution in [3.8, 4) is 0 Å². The molecule has 0 aliphatic carbocycles. The van der Waals surface area contributed by atoms with Crippen molar-refractivity contribution in [2.75, 3.05) is 39.3 Å². The van der Waals surface area contributed by atoms with Gasteiger partial charge in [-0.15, -0.1) is 0 Å². The average molecular weight is 237 g/mol. The van der Waals surface area contributed by atoms with Crippen LogP contribution in [-0.2, 0) is 0 Å². The molecule has 0 saturated carbocycles. The van der Waals surface area contributed by atoms with Crippen molar-refractivity contribution in [2.45, 2.75) is 6.42 Å². The van der Waals surface area contributed by atoms with E-state index in [1.165, 1.54) is 0 Å². The van der Waals surface area contributed by atoms with Gasteiger partial charge in [-0.05, 0) is 13.0 Å². The van der Waals surface area contributed by atoms with E-state index in [2.05, 4.69) is 15.1 Å². The molecule has 1 aliphatic rings. The smallest absolute Gasteiger partial charge is 0.257 e. The highest BCUT2D eigenvalue weighted by atomic mass is 16.2. The number of rotatable bonds is 3. The van der Waals surface area contributed by atoms with Crippen LogP contribution in [0.3, 0.4) is 0 Å². The number of carbonyl (C=O) groups is 1. The molecule has 3 N–H and O–H groups in total. The van der Waals surface area contributed by atoms with Crippen LogP contribution >= 0.6 is 0 Å². The highest BCUT2D eigenvalue weighted by Gasteiger charge is 2.20. The van der Waals surface area contributed by atoms with E-state index >= 15 is 0 Å². The van der Waals surface area contributed by atoms with Crippen LogP contribution in [0, 0.1) is 0 Å². The summed E-state index contributed by atoms with van der Waals surface area (Å²) in [6.07, 6.45) is 4.22. The first kappa shape index (κ1) is 12.1. The number of nitrogens with two attached hydrogens (primary N) is 1. The highest BCUT2D eigenvalue weighted by molar-refractivity contribution is 5.93. The Kier molecular flexibility index (Phi) is 4.11. The van der Waals surface area contributed by atoms with Crippen molar-refractivity contribution in [3.63, 3.8) is 0 Å². The molecule has 0 atom stereocenters. The quantitative estimate of drug-likeness (QED) is 0.744. The molecule has 2 heterocycles. The number of H-pyrrole nitrogens is 1. The fraction of sp³-hybridized carbons (Fsp3) is 0.636. The van der Waals surface area contributed by atoms with E-state index in [1.807, 2.05) is 4.90 Å². The fourth-order valence-electron chi connectivity index (χ4n) is 2.13. The molecule has 1 fully saturated rings. The summed E-state index contributed by atoms with van der Waals surface area (Å²) in [5, 5.41) is 6.48. The Morgan fingerprint density at radius 2 is 2.29 bits per heavy atom. The maximum atomic E-state index is 12.1. The molecule has 1 aromatic rings. The van der Waals surface area contributed by atoms with Crippen LogP contribution in [0.25, 0.3) is 0 Å². The summed E-state index contributed by atoms with van der Waals surface area (Å²) in [7, 11) is 0. The van der Waals surface area contributed by atoms with Crippen molar-refractivity contribution >= 4 is 5.91 Å². The molecular weight excluding hydrogens is 218 g/mol. The van der Waals surface area contributed by atoms with Gasteiger partial charge in [0.1, 0.15) is 0 Å². The first-order valence-corrected chi connectivity index (χ1v) is 6.01. The number of amides is 1. The number of carbonyl (C=O) groups excluding carboxylic acids is 1. The number of nitrogens with zero attached hydrogens (tertiary/aromatic N) is 3. The molecule has 0 spiro atoms. The Balaban J connectivity index is 1.92. The van der Waals surface area contributed by atoms with Crippen molar-refractivity contribution in [2.24, 2.45) is 5.73 Å². The molecule has 0 radical (unpaired) electrons. The molecule has 6 heteroatoms. The zero-order valence-electron chi connectivity index (χ0n) is 9.93. The van der Waals surface area contributed by atoms with E-state index < -0.39 is 0 Å². The van der Waals surface area contributed by atoms with Crippen molar-refractivity contribution in [3.05, 3.63) is 18.0 Å². The molecule has 6 nitrogen and oxygen atoms in total. The first-order chi connectivity index (χ1) is 8.31. The van der Waals surface area contributed by atoms with E-state index in [1.54, 1.807) is 12.4 Å². The molecular formula is C11H19N5O. The summed E-state index contributed by atoms with van der Waals surface area (Å²) in [6.45, 7) is 5.09. The molecule has 2 rings (SSSR count). The van der Waals surface area contributed by atoms with Crippen molar-refractivity contribution in [1.82, 2.24) is 20.0 Å². The van der Waals surface area contributed by atoms with Gasteiger partial charge in [0.25, 0.3) is 5.91 Å². The minimum atomic E-state index is 0.0633. The molecule has 1 amide bonds. The lowest BCUT2D eigenvalue weighted by Crippen LogP contribution is -2.36. The van der Waals surface area contributed by atoms with E-state index in [9.17, 15) is 4.79 Å². The number of hydrogen-bond donors (Lipinski definition) is 2. The first-order valence-electron chi connectivity index (χ1n) is 6.01. The maximum absolute atomic E-state index is 12.1. The topological polar surface area (TPSA) is 78.2 Å². The summed E-state index contributed by atoms with van der Waals surface area (Å²) >= 11 is 0. The summed E-state index contributed by atoms with van der Waals surface area (Å²) in [5.74, 6) is 0.0633. The standard InChI is InChI=1S/C11H19N5O/c12-2-5-15-3-1-4-16(7-6-15)11(17)10-8-13-14-9-10/h8-9H,1-7,12H2,(H,13,14). The maximum Gasteiger partial charge on any atom is 0.257 e. The molecule has 1 saturated heterocycles. The van der Waals surface area contributed by atoms with Gasteiger partial charge in [0.2, 0.25) is 0 Å². The van der Waals surface area contributed by atoms with Gasteiger partial charge in [-0.2, -0.15) is 5.10 Å². The number of aromatic nitrogens is 2. The van der Waals surface area contributed by atoms with Crippen LogP contribution in [0.5, 0.6) is 0 Å². The van der Waals surface area contributed by atoms with Crippen LogP contribution in [0.15, 0.2) is 12.4 Å². The Morgan fingerprint density at radius 3 is 3.00 bits per heavy atom. The average Bonchev–Trinajstić information content (AvgIpc) is 2.76. The van der Waals surface area contributed by atoms with E-state index in [4.69, 9.17) is 5.73 Å². The third-order valence-corrected chi connectivity index (χ3v) is 3.07. The number of aromatic amines is 1. The lowest BCUT2D eigenvalue weighted by Gasteiger charge is -2.21. The Morgan fingerprint density at radius 1 is 1.41 bits per heavy atom. The van der Waals surface area contributed by atoms with E-state index in [-0.39, 0.29) is 5.91 Å². The van der Waals surface area contributed by atoms with Gasteiger partial charge in [-0.1, -0.05) is 0 Å². The van der Waals surface area contributed by atoms with Crippen LogP contribution in [0.2, 0.25) is 0 Å². The Labute approximate surface area is 101 Å². The monoisotopic (exact) mass is 237 g/mol. The van der Waals surface area contributed by atoms with Gasteiger partial charge in [-0.3, -0.25) is 9.89 Å². The van der Waals surface area contributed by atoms with Crippen LogP contribution in [0.4, 0.5) is 0 Å². The van der Waals surface area contributed by atoms with Crippen LogP contribution < -0.4 is 5.73 Å². The summed E-state index contributed by atoms with van der Waals surface area (Å²) in [5.41, 5.74) is 6.18. The Bertz CT molecular complexity index is 351. The summed E-state index contributed by atoms with van der Waals surface area (Å²) in [4.78, 5) is 16.3. The number of hydrogen-bond acceptors (Lipinski definition) is 4. The zero-order chi connectivity index (χ0) is 12.1. The number of nitrogens with one attached hydrogen (secondary N) is 1. The fourth-order valence-corrected chi connectivity index (χ4v) is 2.13. The minimum Gasteiger partial charge on any atom is -0.337 e. The second kappa shape index (κ2) is 5.79. The summed E-state index contributed by atoms with van der Waals surface area (Å²) in [6, 6.07) is 0. The highest BCUT2D eigenvalue weighted by Crippen LogP contribution is 2.07. The second-order valence-corrected chi connectivity index (χ2v) is 4.26. The lowest BCUT2D eigenvalue weighted by atomic mass is 10.3. The van der Waals surface area contributed by atoms with Gasteiger partial charge >= 0.3 is 0 Å². The molecule has 94 valence electrons. The van der Waals surface area contributed by atoms with Crippen LogP contribution in [0.1, 0.15) is 16.8 Å². The van der Waals surface area contributed by atoms with Gasteiger partial charge in [0.05, 0.1) is 11.8 Å². The normalized spacial score (nSPS) is 18.1. The second-order valence-electron chi connectivity index (χ2n) is 4.26. The zero-order valence-corrected chi connectivity index (χ0v) is 9.93. The minimum absolute atomic E-state index is 0.0633. The molecule has 0 aromatic carbocycles. The van der Waals surface area contributed by atoms with Crippen molar-refractivity contribution < 1.29 is 4.79 Å². The molecule has 1 aliphatic heterocycles. The molecule has 0 unspecified atom stereocenters. The van der Waals surface area contributed by atoms with Gasteiger partial charge in [0.15, 0.2) is 0 Å². The predicted octanol–water partition coefficient (Wildman–Crippen LogP) is -0.484. The SMILES string of the molecule is NCCN1CCCN(C(=O)c2cn[nH]c2)CC1. The van der Waals surface area contributed by atoms with E-state index in [0.29, 0.717) is 12.1 Å². The lowest BCUT2D eigenvalue weighted by molar-refractivity contribution is 0.0762. The Hall–Kier alpha value is -1.40. The van der Waals surface area contributed by atoms with E-state index in [0.717, 1.165) is 39.1 Å². The van der Waals surface area contributed by atoms with Gasteiger partial charge < -0.3 is 15.5 Å². The molecule has 0 bridgehead atoms. The van der Waals surface area contributed by atoms with Gasteiger partial charge in [-0.25, -0.2) is 0 Å².